The average Bonchev–Trinajstić information content (AvgIpc) is 2.73. The molecular formula is C9H13N3. The van der Waals surface area contributed by atoms with Gasteiger partial charge in [-0.2, -0.15) is 5.10 Å². The summed E-state index contributed by atoms with van der Waals surface area (Å²) in [5.41, 5.74) is 7.95. The van der Waals surface area contributed by atoms with Gasteiger partial charge in [0, 0.05) is 6.54 Å². The summed E-state index contributed by atoms with van der Waals surface area (Å²) in [6, 6.07) is 0. The number of rotatable bonds is 1. The van der Waals surface area contributed by atoms with Crippen LogP contribution in [0.4, 0.5) is 5.69 Å². The van der Waals surface area contributed by atoms with Gasteiger partial charge < -0.3 is 5.73 Å². The third-order valence-electron chi connectivity index (χ3n) is 3.13. The Hall–Kier alpha value is -0.990. The van der Waals surface area contributed by atoms with Gasteiger partial charge in [-0.05, 0) is 31.1 Å². The Kier molecular flexibility index (Phi) is 1.10. The molecular weight excluding hydrogens is 150 g/mol. The van der Waals surface area contributed by atoms with Crippen molar-refractivity contribution >= 4 is 5.69 Å². The van der Waals surface area contributed by atoms with Crippen molar-refractivity contribution < 1.29 is 0 Å². The molecule has 1 aromatic heterocycles. The van der Waals surface area contributed by atoms with Crippen molar-refractivity contribution in [2.45, 2.75) is 25.8 Å². The van der Waals surface area contributed by atoms with Gasteiger partial charge in [-0.3, -0.25) is 4.68 Å². The summed E-state index contributed by atoms with van der Waals surface area (Å²) in [4.78, 5) is 0. The minimum Gasteiger partial charge on any atom is -0.396 e. The van der Waals surface area contributed by atoms with Crippen LogP contribution >= 0.6 is 0 Å². The van der Waals surface area contributed by atoms with E-state index in [4.69, 9.17) is 5.73 Å². The highest BCUT2D eigenvalue weighted by molar-refractivity contribution is 5.42. The third-order valence-corrected chi connectivity index (χ3v) is 3.13. The number of aromatic nitrogens is 2. The molecule has 0 saturated heterocycles. The number of fused-ring (bicyclic) bond motifs is 1. The van der Waals surface area contributed by atoms with Gasteiger partial charge >= 0.3 is 0 Å². The van der Waals surface area contributed by atoms with Crippen molar-refractivity contribution in [2.75, 3.05) is 5.73 Å². The third kappa shape index (κ3) is 0.792. The van der Waals surface area contributed by atoms with E-state index in [9.17, 15) is 0 Å². The van der Waals surface area contributed by atoms with E-state index in [0.717, 1.165) is 30.5 Å². The van der Waals surface area contributed by atoms with E-state index in [1.165, 1.54) is 18.5 Å². The monoisotopic (exact) mass is 163 g/mol. The summed E-state index contributed by atoms with van der Waals surface area (Å²) in [7, 11) is 0. The molecule has 1 fully saturated rings. The predicted octanol–water partition coefficient (Wildman–Crippen LogP) is 1.05. The summed E-state index contributed by atoms with van der Waals surface area (Å²) in [5.74, 6) is 1.82. The van der Waals surface area contributed by atoms with E-state index >= 15 is 0 Å². The zero-order valence-electron chi connectivity index (χ0n) is 7.03. The van der Waals surface area contributed by atoms with Gasteiger partial charge in [0.2, 0.25) is 0 Å². The Morgan fingerprint density at radius 1 is 1.42 bits per heavy atom. The fourth-order valence-electron chi connectivity index (χ4n) is 2.22. The highest BCUT2D eigenvalue weighted by atomic mass is 15.3. The Morgan fingerprint density at radius 3 is 2.92 bits per heavy atom. The van der Waals surface area contributed by atoms with Crippen LogP contribution in [0, 0.1) is 11.8 Å². The lowest BCUT2D eigenvalue weighted by Crippen LogP contribution is -2.05. The fraction of sp³-hybridized carbons (Fsp3) is 0.667. The SMILES string of the molecule is Nc1cnn2c1CC(C1CC1)C2. The molecule has 0 amide bonds. The molecule has 0 spiro atoms. The highest BCUT2D eigenvalue weighted by Crippen LogP contribution is 2.42. The number of hydrogen-bond donors (Lipinski definition) is 1. The maximum Gasteiger partial charge on any atom is 0.0733 e. The fourth-order valence-corrected chi connectivity index (χ4v) is 2.22. The molecule has 1 atom stereocenters. The molecule has 1 aliphatic carbocycles. The van der Waals surface area contributed by atoms with E-state index in [1.807, 2.05) is 0 Å². The lowest BCUT2D eigenvalue weighted by molar-refractivity contribution is 0.435. The molecule has 2 heterocycles. The van der Waals surface area contributed by atoms with Crippen molar-refractivity contribution in [1.29, 1.82) is 0 Å². The summed E-state index contributed by atoms with van der Waals surface area (Å²) in [6.45, 7) is 1.11. The number of hydrogen-bond acceptors (Lipinski definition) is 2. The standard InChI is InChI=1S/C9H13N3/c10-8-4-11-12-5-7(3-9(8)12)6-1-2-6/h4,6-7H,1-3,5,10H2. The zero-order chi connectivity index (χ0) is 8.13. The van der Waals surface area contributed by atoms with E-state index in [-0.39, 0.29) is 0 Å². The second kappa shape index (κ2) is 2.03. The molecule has 3 rings (SSSR count). The van der Waals surface area contributed by atoms with Crippen LogP contribution in [0.2, 0.25) is 0 Å². The van der Waals surface area contributed by atoms with Gasteiger partial charge in [-0.15, -0.1) is 0 Å². The number of nitrogen functional groups attached to an aromatic ring is 1. The van der Waals surface area contributed by atoms with Gasteiger partial charge in [0.25, 0.3) is 0 Å². The first-order valence-corrected chi connectivity index (χ1v) is 4.65. The Bertz CT molecular complexity index is 312. The first-order valence-electron chi connectivity index (χ1n) is 4.65. The van der Waals surface area contributed by atoms with E-state index in [1.54, 1.807) is 6.20 Å². The molecule has 1 saturated carbocycles. The normalized spacial score (nSPS) is 27.5. The topological polar surface area (TPSA) is 43.8 Å². The molecule has 1 aromatic rings. The lowest BCUT2D eigenvalue weighted by Gasteiger charge is -2.03. The molecule has 0 bridgehead atoms. The Labute approximate surface area is 71.6 Å². The molecule has 1 unspecified atom stereocenters. The minimum atomic E-state index is 0.844. The predicted molar refractivity (Wildman–Crippen MR) is 46.6 cm³/mol. The molecule has 0 radical (unpaired) electrons. The van der Waals surface area contributed by atoms with Gasteiger partial charge in [-0.1, -0.05) is 0 Å². The maximum absolute atomic E-state index is 5.79. The van der Waals surface area contributed by atoms with Crippen molar-refractivity contribution in [3.63, 3.8) is 0 Å². The Balaban J connectivity index is 1.89. The average molecular weight is 163 g/mol. The highest BCUT2D eigenvalue weighted by Gasteiger charge is 2.36. The van der Waals surface area contributed by atoms with Gasteiger partial charge in [0.15, 0.2) is 0 Å². The summed E-state index contributed by atoms with van der Waals surface area (Å²) in [5, 5.41) is 4.25. The van der Waals surface area contributed by atoms with Crippen LogP contribution in [0.1, 0.15) is 18.5 Å². The van der Waals surface area contributed by atoms with E-state index in [2.05, 4.69) is 9.78 Å². The van der Waals surface area contributed by atoms with Crippen LogP contribution in [-0.2, 0) is 13.0 Å². The van der Waals surface area contributed by atoms with Crippen molar-refractivity contribution in [1.82, 2.24) is 9.78 Å². The summed E-state index contributed by atoms with van der Waals surface area (Å²) >= 11 is 0. The van der Waals surface area contributed by atoms with Crippen LogP contribution in [0.15, 0.2) is 6.20 Å². The second-order valence-electron chi connectivity index (χ2n) is 4.03. The first kappa shape index (κ1) is 6.52. The molecule has 3 nitrogen and oxygen atoms in total. The molecule has 0 aromatic carbocycles. The first-order chi connectivity index (χ1) is 5.84. The molecule has 64 valence electrons. The second-order valence-corrected chi connectivity index (χ2v) is 4.03. The van der Waals surface area contributed by atoms with Crippen molar-refractivity contribution in [3.05, 3.63) is 11.9 Å². The van der Waals surface area contributed by atoms with Crippen LogP contribution in [0.5, 0.6) is 0 Å². The summed E-state index contributed by atoms with van der Waals surface area (Å²) in [6.07, 6.45) is 5.79. The van der Waals surface area contributed by atoms with Gasteiger partial charge in [0.05, 0.1) is 17.6 Å². The van der Waals surface area contributed by atoms with Crippen LogP contribution in [-0.4, -0.2) is 9.78 Å². The van der Waals surface area contributed by atoms with Crippen molar-refractivity contribution in [2.24, 2.45) is 11.8 Å². The van der Waals surface area contributed by atoms with Crippen LogP contribution in [0.25, 0.3) is 0 Å². The van der Waals surface area contributed by atoms with Gasteiger partial charge in [0.1, 0.15) is 0 Å². The summed E-state index contributed by atoms with van der Waals surface area (Å²) < 4.78 is 2.08. The number of nitrogens with two attached hydrogens (primary N) is 1. The quantitative estimate of drug-likeness (QED) is 0.672. The largest absolute Gasteiger partial charge is 0.396 e. The van der Waals surface area contributed by atoms with E-state index < -0.39 is 0 Å². The number of anilines is 1. The smallest absolute Gasteiger partial charge is 0.0733 e. The Morgan fingerprint density at radius 2 is 2.25 bits per heavy atom. The molecule has 12 heavy (non-hydrogen) atoms. The van der Waals surface area contributed by atoms with Crippen molar-refractivity contribution in [3.8, 4) is 0 Å². The maximum atomic E-state index is 5.79. The molecule has 2 N–H and O–H groups in total. The van der Waals surface area contributed by atoms with Crippen LogP contribution in [0.3, 0.4) is 0 Å². The number of nitrogens with zero attached hydrogens (tertiary/aromatic N) is 2. The van der Waals surface area contributed by atoms with E-state index in [0.29, 0.717) is 0 Å². The molecule has 2 aliphatic rings. The van der Waals surface area contributed by atoms with Gasteiger partial charge in [-0.25, -0.2) is 0 Å². The molecule has 3 heteroatoms. The molecule has 1 aliphatic heterocycles. The van der Waals surface area contributed by atoms with Crippen LogP contribution < -0.4 is 5.73 Å². The zero-order valence-corrected chi connectivity index (χ0v) is 7.03. The lowest BCUT2D eigenvalue weighted by atomic mass is 10.0. The minimum absolute atomic E-state index is 0.844.